The van der Waals surface area contributed by atoms with Crippen molar-refractivity contribution >= 4 is 0 Å². The van der Waals surface area contributed by atoms with Gasteiger partial charge in [-0.05, 0) is 31.8 Å². The normalized spacial score (nSPS) is 11.6. The largest absolute Gasteiger partial charge is 0.376 e. The van der Waals surface area contributed by atoms with Crippen LogP contribution >= 0.6 is 0 Å². The second-order valence-corrected chi connectivity index (χ2v) is 3.77. The molecule has 0 bridgehead atoms. The van der Waals surface area contributed by atoms with Gasteiger partial charge in [0.1, 0.15) is 6.61 Å². The predicted molar refractivity (Wildman–Crippen MR) is 53.8 cm³/mol. The third-order valence-electron chi connectivity index (χ3n) is 1.69. The van der Waals surface area contributed by atoms with Crippen LogP contribution in [0.1, 0.15) is 26.7 Å². The van der Waals surface area contributed by atoms with Gasteiger partial charge in [0.2, 0.25) is 0 Å². The Labute approximate surface area is 85.0 Å². The van der Waals surface area contributed by atoms with Gasteiger partial charge in [0, 0.05) is 6.61 Å². The second kappa shape index (κ2) is 9.34. The molecule has 0 unspecified atom stereocenters. The lowest BCUT2D eigenvalue weighted by atomic mass is 10.2. The van der Waals surface area contributed by atoms with Crippen LogP contribution in [0.3, 0.4) is 0 Å². The molecule has 0 heterocycles. The molecule has 0 amide bonds. The Morgan fingerprint density at radius 1 is 1.21 bits per heavy atom. The molecule has 0 fully saturated rings. The summed E-state index contributed by atoms with van der Waals surface area (Å²) >= 11 is 0. The van der Waals surface area contributed by atoms with Crippen LogP contribution in [0.4, 0.5) is 8.78 Å². The first-order chi connectivity index (χ1) is 6.63. The van der Waals surface area contributed by atoms with Gasteiger partial charge in [-0.1, -0.05) is 13.8 Å². The predicted octanol–water partition coefficient (Wildman–Crippen LogP) is 2.29. The standard InChI is InChI=1S/C10H21F2NO/c1-9(2)7-13-5-3-4-6-14-8-10(11)12/h9-10,13H,3-8H2,1-2H3. The minimum Gasteiger partial charge on any atom is -0.376 e. The minimum atomic E-state index is -2.34. The van der Waals surface area contributed by atoms with Gasteiger partial charge in [-0.25, -0.2) is 8.78 Å². The van der Waals surface area contributed by atoms with Crippen LogP contribution in [0.15, 0.2) is 0 Å². The summed E-state index contributed by atoms with van der Waals surface area (Å²) in [6, 6.07) is 0. The summed E-state index contributed by atoms with van der Waals surface area (Å²) in [5.74, 6) is 0.657. The van der Waals surface area contributed by atoms with Crippen molar-refractivity contribution in [3.05, 3.63) is 0 Å². The highest BCUT2D eigenvalue weighted by Gasteiger charge is 2.00. The summed E-state index contributed by atoms with van der Waals surface area (Å²) in [4.78, 5) is 0. The summed E-state index contributed by atoms with van der Waals surface area (Å²) < 4.78 is 28.0. The Balaban J connectivity index is 2.92. The molecule has 2 nitrogen and oxygen atoms in total. The van der Waals surface area contributed by atoms with Crippen molar-refractivity contribution < 1.29 is 13.5 Å². The van der Waals surface area contributed by atoms with E-state index in [4.69, 9.17) is 4.74 Å². The van der Waals surface area contributed by atoms with E-state index < -0.39 is 13.0 Å². The first-order valence-corrected chi connectivity index (χ1v) is 5.19. The van der Waals surface area contributed by atoms with E-state index in [2.05, 4.69) is 19.2 Å². The van der Waals surface area contributed by atoms with Gasteiger partial charge in [0.25, 0.3) is 6.43 Å². The van der Waals surface area contributed by atoms with Crippen LogP contribution in [-0.2, 0) is 4.74 Å². The van der Waals surface area contributed by atoms with Crippen molar-refractivity contribution in [3.63, 3.8) is 0 Å². The quantitative estimate of drug-likeness (QED) is 0.588. The monoisotopic (exact) mass is 209 g/mol. The molecule has 0 aromatic carbocycles. The SMILES string of the molecule is CC(C)CNCCCCOCC(F)F. The van der Waals surface area contributed by atoms with Gasteiger partial charge in [0.05, 0.1) is 0 Å². The molecule has 0 aromatic heterocycles. The smallest absolute Gasteiger partial charge is 0.261 e. The number of alkyl halides is 2. The van der Waals surface area contributed by atoms with Gasteiger partial charge < -0.3 is 10.1 Å². The average Bonchev–Trinajstić information content (AvgIpc) is 2.08. The Morgan fingerprint density at radius 2 is 1.93 bits per heavy atom. The third-order valence-corrected chi connectivity index (χ3v) is 1.69. The number of hydrogen-bond donors (Lipinski definition) is 1. The van der Waals surface area contributed by atoms with Crippen LogP contribution in [0.2, 0.25) is 0 Å². The van der Waals surface area contributed by atoms with Crippen molar-refractivity contribution in [1.82, 2.24) is 5.32 Å². The molecule has 0 spiro atoms. The van der Waals surface area contributed by atoms with Gasteiger partial charge in [-0.3, -0.25) is 0 Å². The third kappa shape index (κ3) is 11.8. The van der Waals surface area contributed by atoms with Crippen molar-refractivity contribution in [2.45, 2.75) is 33.1 Å². The van der Waals surface area contributed by atoms with Crippen LogP contribution in [0, 0.1) is 5.92 Å². The van der Waals surface area contributed by atoms with Crippen LogP contribution in [0.5, 0.6) is 0 Å². The van der Waals surface area contributed by atoms with Crippen molar-refractivity contribution in [2.75, 3.05) is 26.3 Å². The molecule has 1 N–H and O–H groups in total. The fraction of sp³-hybridized carbons (Fsp3) is 1.00. The Kier molecular flexibility index (Phi) is 9.19. The zero-order valence-corrected chi connectivity index (χ0v) is 9.06. The highest BCUT2D eigenvalue weighted by Crippen LogP contribution is 1.95. The Bertz CT molecular complexity index is 107. The topological polar surface area (TPSA) is 21.3 Å². The van der Waals surface area contributed by atoms with Crippen LogP contribution in [-0.4, -0.2) is 32.7 Å². The van der Waals surface area contributed by atoms with Gasteiger partial charge in [-0.2, -0.15) is 0 Å². The lowest BCUT2D eigenvalue weighted by molar-refractivity contribution is 0.0163. The minimum absolute atomic E-state index is 0.431. The molecule has 86 valence electrons. The van der Waals surface area contributed by atoms with Crippen molar-refractivity contribution in [1.29, 1.82) is 0 Å². The lowest BCUT2D eigenvalue weighted by Crippen LogP contribution is -2.21. The van der Waals surface area contributed by atoms with Crippen LogP contribution < -0.4 is 5.32 Å². The average molecular weight is 209 g/mol. The fourth-order valence-corrected chi connectivity index (χ4v) is 1.02. The highest BCUT2D eigenvalue weighted by atomic mass is 19.3. The summed E-state index contributed by atoms with van der Waals surface area (Å²) in [6.45, 7) is 6.26. The number of ether oxygens (including phenoxy) is 1. The zero-order valence-electron chi connectivity index (χ0n) is 9.06. The maximum atomic E-state index is 11.6. The molecule has 0 saturated carbocycles. The summed E-state index contributed by atoms with van der Waals surface area (Å²) in [7, 11) is 0. The molecular formula is C10H21F2NO. The van der Waals surface area contributed by atoms with Gasteiger partial charge >= 0.3 is 0 Å². The van der Waals surface area contributed by atoms with Gasteiger partial charge in [-0.15, -0.1) is 0 Å². The molecule has 0 aromatic rings. The van der Waals surface area contributed by atoms with E-state index >= 15 is 0 Å². The molecule has 0 radical (unpaired) electrons. The molecular weight excluding hydrogens is 188 g/mol. The Hall–Kier alpha value is -0.220. The maximum Gasteiger partial charge on any atom is 0.261 e. The maximum absolute atomic E-state index is 11.6. The molecule has 0 rings (SSSR count). The number of rotatable bonds is 9. The number of unbranched alkanes of at least 4 members (excludes halogenated alkanes) is 1. The van der Waals surface area contributed by atoms with E-state index in [1.807, 2.05) is 0 Å². The number of hydrogen-bond acceptors (Lipinski definition) is 2. The van der Waals surface area contributed by atoms with E-state index in [0.717, 1.165) is 25.9 Å². The second-order valence-electron chi connectivity index (χ2n) is 3.77. The molecule has 4 heteroatoms. The molecule has 0 saturated heterocycles. The molecule has 0 aliphatic heterocycles. The van der Waals surface area contributed by atoms with E-state index in [1.54, 1.807) is 0 Å². The molecule has 0 aliphatic rings. The first kappa shape index (κ1) is 13.8. The summed E-state index contributed by atoms with van der Waals surface area (Å²) in [5.41, 5.74) is 0. The molecule has 0 aliphatic carbocycles. The van der Waals surface area contributed by atoms with E-state index in [1.165, 1.54) is 0 Å². The molecule has 14 heavy (non-hydrogen) atoms. The molecule has 0 atom stereocenters. The van der Waals surface area contributed by atoms with Crippen LogP contribution in [0.25, 0.3) is 0 Å². The van der Waals surface area contributed by atoms with Crippen molar-refractivity contribution in [3.8, 4) is 0 Å². The van der Waals surface area contributed by atoms with E-state index in [-0.39, 0.29) is 0 Å². The van der Waals surface area contributed by atoms with Crippen molar-refractivity contribution in [2.24, 2.45) is 5.92 Å². The highest BCUT2D eigenvalue weighted by molar-refractivity contribution is 4.51. The van der Waals surface area contributed by atoms with E-state index in [9.17, 15) is 8.78 Å². The number of halogens is 2. The Morgan fingerprint density at radius 3 is 2.50 bits per heavy atom. The number of nitrogens with one attached hydrogen (secondary N) is 1. The summed E-state index contributed by atoms with van der Waals surface area (Å²) in [5, 5.41) is 3.28. The lowest BCUT2D eigenvalue weighted by Gasteiger charge is -2.07. The first-order valence-electron chi connectivity index (χ1n) is 5.19. The van der Waals surface area contributed by atoms with E-state index in [0.29, 0.717) is 12.5 Å². The van der Waals surface area contributed by atoms with Gasteiger partial charge in [0.15, 0.2) is 0 Å². The fourth-order valence-electron chi connectivity index (χ4n) is 1.02. The summed E-state index contributed by atoms with van der Waals surface area (Å²) in [6.07, 6.45) is -0.512. The zero-order chi connectivity index (χ0) is 10.8.